The number of rotatable bonds is 3. The quantitative estimate of drug-likeness (QED) is 0.372. The van der Waals surface area contributed by atoms with Gasteiger partial charge in [-0.15, -0.1) is 22.7 Å². The molecule has 0 amide bonds. The second-order valence-corrected chi connectivity index (χ2v) is 9.46. The Kier molecular flexibility index (Phi) is 4.41. The van der Waals surface area contributed by atoms with E-state index in [1.54, 1.807) is 23.7 Å². The van der Waals surface area contributed by atoms with Gasteiger partial charge in [0.2, 0.25) is 0 Å². The molecular weight excluding hydrogens is 438 g/mol. The normalized spacial score (nSPS) is 11.4. The van der Waals surface area contributed by atoms with Crippen LogP contribution in [0.1, 0.15) is 5.01 Å². The topological polar surface area (TPSA) is 84.4 Å². The monoisotopic (exact) mass is 453 g/mol. The van der Waals surface area contributed by atoms with Crippen LogP contribution >= 0.6 is 22.7 Å². The summed E-state index contributed by atoms with van der Waals surface area (Å²) in [4.78, 5) is 34.7. The van der Waals surface area contributed by atoms with Crippen LogP contribution in [-0.2, 0) is 0 Å². The Morgan fingerprint density at radius 1 is 0.938 bits per heavy atom. The molecule has 0 spiro atoms. The van der Waals surface area contributed by atoms with Gasteiger partial charge < -0.3 is 4.98 Å². The summed E-state index contributed by atoms with van der Waals surface area (Å²) >= 11 is 3.02. The smallest absolute Gasteiger partial charge is 0.259 e. The number of pyridine rings is 3. The minimum absolute atomic E-state index is 0.198. The van der Waals surface area contributed by atoms with Crippen molar-refractivity contribution in [3.05, 3.63) is 81.8 Å². The molecule has 0 fully saturated rings. The van der Waals surface area contributed by atoms with Gasteiger partial charge in [-0.2, -0.15) is 0 Å². The van der Waals surface area contributed by atoms with Crippen LogP contribution in [0.2, 0.25) is 0 Å². The number of thiazole rings is 2. The molecule has 5 heterocycles. The molecule has 6 nitrogen and oxygen atoms in total. The van der Waals surface area contributed by atoms with Gasteiger partial charge in [-0.1, -0.05) is 12.1 Å². The Morgan fingerprint density at radius 3 is 2.66 bits per heavy atom. The van der Waals surface area contributed by atoms with E-state index in [2.05, 4.69) is 44.2 Å². The van der Waals surface area contributed by atoms with Crippen molar-refractivity contribution >= 4 is 44.6 Å². The third-order valence-electron chi connectivity index (χ3n) is 5.26. The van der Waals surface area contributed by atoms with Gasteiger partial charge in [0.1, 0.15) is 10.7 Å². The first-order chi connectivity index (χ1) is 15.7. The number of benzene rings is 1. The highest BCUT2D eigenvalue weighted by Gasteiger charge is 2.16. The molecule has 6 rings (SSSR count). The maximum atomic E-state index is 12.7. The van der Waals surface area contributed by atoms with Gasteiger partial charge in [-0.3, -0.25) is 9.78 Å². The van der Waals surface area contributed by atoms with E-state index in [1.165, 1.54) is 11.3 Å². The maximum absolute atomic E-state index is 12.7. The first-order valence-electron chi connectivity index (χ1n) is 9.91. The van der Waals surface area contributed by atoms with Gasteiger partial charge in [0, 0.05) is 40.3 Å². The lowest BCUT2D eigenvalue weighted by molar-refractivity contribution is 1.23. The number of nitrogens with zero attached hydrogens (tertiary/aromatic N) is 4. The van der Waals surface area contributed by atoms with Crippen LogP contribution in [0.5, 0.6) is 0 Å². The molecule has 6 aromatic rings. The zero-order chi connectivity index (χ0) is 21.7. The highest BCUT2D eigenvalue weighted by Crippen LogP contribution is 2.37. The van der Waals surface area contributed by atoms with Crippen LogP contribution < -0.4 is 5.56 Å². The predicted octanol–water partition coefficient (Wildman–Crippen LogP) is 5.69. The molecule has 0 radical (unpaired) electrons. The SMILES string of the molecule is Cc1ncc(-c2nc3[nH]c(=O)c(-c4nccs4)cc3cc2-c2ccc3ncccc3c2)s1. The lowest BCUT2D eigenvalue weighted by Gasteiger charge is -2.11. The number of aryl methyl sites for hydroxylation is 1. The average molecular weight is 454 g/mol. The molecule has 5 aromatic heterocycles. The van der Waals surface area contributed by atoms with Crippen LogP contribution in [0, 0.1) is 6.92 Å². The summed E-state index contributed by atoms with van der Waals surface area (Å²) in [6.45, 7) is 1.97. The number of fused-ring (bicyclic) bond motifs is 2. The Morgan fingerprint density at radius 2 is 1.84 bits per heavy atom. The minimum Gasteiger partial charge on any atom is -0.306 e. The Balaban J connectivity index is 1.64. The van der Waals surface area contributed by atoms with E-state index >= 15 is 0 Å². The van der Waals surface area contributed by atoms with Crippen LogP contribution in [0.3, 0.4) is 0 Å². The van der Waals surface area contributed by atoms with Crippen LogP contribution in [0.4, 0.5) is 0 Å². The first kappa shape index (κ1) is 19.0. The molecule has 0 atom stereocenters. The molecule has 0 aliphatic rings. The van der Waals surface area contributed by atoms with Crippen LogP contribution in [-0.4, -0.2) is 24.9 Å². The Bertz CT molecular complexity index is 1670. The van der Waals surface area contributed by atoms with Gasteiger partial charge in [0.05, 0.1) is 26.7 Å². The lowest BCUT2D eigenvalue weighted by Crippen LogP contribution is -2.09. The third kappa shape index (κ3) is 3.21. The van der Waals surface area contributed by atoms with Crippen LogP contribution in [0.15, 0.2) is 71.2 Å². The van der Waals surface area contributed by atoms with Crippen molar-refractivity contribution in [1.82, 2.24) is 24.9 Å². The van der Waals surface area contributed by atoms with E-state index < -0.39 is 0 Å². The van der Waals surface area contributed by atoms with Gasteiger partial charge >= 0.3 is 0 Å². The second-order valence-electron chi connectivity index (χ2n) is 7.33. The number of nitrogens with one attached hydrogen (secondary N) is 1. The van der Waals surface area contributed by atoms with E-state index in [0.29, 0.717) is 16.2 Å². The molecule has 0 aliphatic carbocycles. The van der Waals surface area contributed by atoms with Gasteiger partial charge in [-0.25, -0.2) is 15.0 Å². The summed E-state index contributed by atoms with van der Waals surface area (Å²) in [5.74, 6) is 0. The zero-order valence-electron chi connectivity index (χ0n) is 16.9. The Hall–Kier alpha value is -3.75. The van der Waals surface area contributed by atoms with Gasteiger partial charge in [0.15, 0.2) is 0 Å². The summed E-state index contributed by atoms with van der Waals surface area (Å²) in [7, 11) is 0. The third-order valence-corrected chi connectivity index (χ3v) is 6.99. The van der Waals surface area contributed by atoms with E-state index in [1.807, 2.05) is 36.7 Å². The van der Waals surface area contributed by atoms with Crippen molar-refractivity contribution in [1.29, 1.82) is 0 Å². The fraction of sp³-hybridized carbons (Fsp3) is 0.0417. The Labute approximate surface area is 190 Å². The fourth-order valence-corrected chi connectivity index (χ4v) is 5.20. The predicted molar refractivity (Wildman–Crippen MR) is 130 cm³/mol. The maximum Gasteiger partial charge on any atom is 0.259 e. The highest BCUT2D eigenvalue weighted by molar-refractivity contribution is 7.15. The highest BCUT2D eigenvalue weighted by atomic mass is 32.1. The van der Waals surface area contributed by atoms with E-state index in [-0.39, 0.29) is 5.56 Å². The summed E-state index contributed by atoms with van der Waals surface area (Å²) in [5, 5.41) is 5.42. The fourth-order valence-electron chi connectivity index (χ4n) is 3.77. The van der Waals surface area contributed by atoms with E-state index in [0.717, 1.165) is 43.0 Å². The molecule has 1 N–H and O–H groups in total. The molecule has 154 valence electrons. The molecule has 0 aliphatic heterocycles. The number of aromatic nitrogens is 5. The van der Waals surface area contributed by atoms with Crippen molar-refractivity contribution in [3.8, 4) is 32.3 Å². The summed E-state index contributed by atoms with van der Waals surface area (Å²) in [6.07, 6.45) is 5.33. The molecule has 8 heteroatoms. The number of hydrogen-bond acceptors (Lipinski definition) is 7. The van der Waals surface area contributed by atoms with Crippen LogP contribution in [0.25, 0.3) is 54.2 Å². The van der Waals surface area contributed by atoms with E-state index in [4.69, 9.17) is 4.98 Å². The molecule has 0 unspecified atom stereocenters. The van der Waals surface area contributed by atoms with Gasteiger partial charge in [-0.05, 0) is 42.8 Å². The molecular formula is C24H15N5OS2. The average Bonchev–Trinajstić information content (AvgIpc) is 3.49. The minimum atomic E-state index is -0.198. The molecule has 1 aromatic carbocycles. The zero-order valence-corrected chi connectivity index (χ0v) is 18.5. The second kappa shape index (κ2) is 7.44. The number of hydrogen-bond donors (Lipinski definition) is 1. The van der Waals surface area contributed by atoms with E-state index in [9.17, 15) is 4.79 Å². The van der Waals surface area contributed by atoms with Gasteiger partial charge in [0.25, 0.3) is 5.56 Å². The molecule has 32 heavy (non-hydrogen) atoms. The van der Waals surface area contributed by atoms with Crippen molar-refractivity contribution < 1.29 is 0 Å². The summed E-state index contributed by atoms with van der Waals surface area (Å²) < 4.78 is 0. The standard InChI is InChI=1S/C24H15N5OS2/c1-13-27-12-20(32-13)21-17(14-4-5-19-15(9-14)3-2-6-25-19)10-16-11-18(24-26-7-8-31-24)23(30)29-22(16)28-21/h2-12H,1H3,(H,28,29,30). The lowest BCUT2D eigenvalue weighted by atomic mass is 9.99. The summed E-state index contributed by atoms with van der Waals surface area (Å²) in [6, 6.07) is 14.1. The molecule has 0 saturated heterocycles. The van der Waals surface area contributed by atoms with Crippen molar-refractivity contribution in [2.24, 2.45) is 0 Å². The summed E-state index contributed by atoms with van der Waals surface area (Å²) in [5.41, 5.74) is 4.63. The first-order valence-corrected chi connectivity index (χ1v) is 11.6. The molecule has 0 saturated carbocycles. The largest absolute Gasteiger partial charge is 0.306 e. The number of H-pyrrole nitrogens is 1. The number of aromatic amines is 1. The van der Waals surface area contributed by atoms with Crippen molar-refractivity contribution in [3.63, 3.8) is 0 Å². The van der Waals surface area contributed by atoms with Crippen molar-refractivity contribution in [2.45, 2.75) is 6.92 Å². The molecule has 0 bridgehead atoms. The van der Waals surface area contributed by atoms with Crippen molar-refractivity contribution in [2.75, 3.05) is 0 Å².